The molecule has 0 atom stereocenters. The number of hydrogen-bond acceptors (Lipinski definition) is 3. The van der Waals surface area contributed by atoms with Crippen LogP contribution >= 0.6 is 11.6 Å². The summed E-state index contributed by atoms with van der Waals surface area (Å²) in [7, 11) is 0. The molecule has 3 aromatic rings. The molecule has 1 aromatic heterocycles. The molecule has 0 saturated heterocycles. The van der Waals surface area contributed by atoms with Crippen molar-refractivity contribution in [2.45, 2.75) is 6.61 Å². The summed E-state index contributed by atoms with van der Waals surface area (Å²) >= 11 is 5.98. The highest BCUT2D eigenvalue weighted by molar-refractivity contribution is 6.31. The molecule has 0 fully saturated rings. The first kappa shape index (κ1) is 13.4. The van der Waals surface area contributed by atoms with E-state index < -0.39 is 0 Å². The molecule has 3 rings (SSSR count). The lowest BCUT2D eigenvalue weighted by Crippen LogP contribution is -1.96. The van der Waals surface area contributed by atoms with E-state index in [2.05, 4.69) is 4.98 Å². The highest BCUT2D eigenvalue weighted by Gasteiger charge is 2.03. The Morgan fingerprint density at radius 1 is 1.14 bits per heavy atom. The minimum atomic E-state index is 0.401. The van der Waals surface area contributed by atoms with E-state index in [1.165, 1.54) is 0 Å². The van der Waals surface area contributed by atoms with E-state index in [1.54, 1.807) is 24.4 Å². The molecular formula is C17H11ClN2O. The number of ether oxygens (including phenoxy) is 1. The number of pyridine rings is 1. The van der Waals surface area contributed by atoms with Crippen LogP contribution in [0.25, 0.3) is 10.9 Å². The number of nitrogens with zero attached hydrogens (tertiary/aromatic N) is 2. The van der Waals surface area contributed by atoms with Crippen molar-refractivity contribution in [3.05, 3.63) is 70.9 Å². The van der Waals surface area contributed by atoms with Crippen molar-refractivity contribution < 1.29 is 4.74 Å². The number of aromatic nitrogens is 1. The van der Waals surface area contributed by atoms with Crippen LogP contribution in [-0.2, 0) is 6.61 Å². The third kappa shape index (κ3) is 2.96. The van der Waals surface area contributed by atoms with Gasteiger partial charge < -0.3 is 4.74 Å². The molecule has 4 heteroatoms. The molecule has 0 radical (unpaired) electrons. The monoisotopic (exact) mass is 294 g/mol. The van der Waals surface area contributed by atoms with Crippen LogP contribution in [0.15, 0.2) is 54.7 Å². The fourth-order valence-electron chi connectivity index (χ4n) is 2.06. The molecule has 21 heavy (non-hydrogen) atoms. The Kier molecular flexibility index (Phi) is 3.72. The molecule has 102 valence electrons. The first-order valence-corrected chi connectivity index (χ1v) is 6.80. The topological polar surface area (TPSA) is 45.9 Å². The van der Waals surface area contributed by atoms with Gasteiger partial charge in [0, 0.05) is 17.6 Å². The molecule has 0 bridgehead atoms. The molecule has 0 spiro atoms. The summed E-state index contributed by atoms with van der Waals surface area (Å²) in [5, 5.41) is 10.3. The highest BCUT2D eigenvalue weighted by atomic mass is 35.5. The number of rotatable bonds is 3. The van der Waals surface area contributed by atoms with E-state index in [-0.39, 0.29) is 0 Å². The highest BCUT2D eigenvalue weighted by Crippen LogP contribution is 2.23. The summed E-state index contributed by atoms with van der Waals surface area (Å²) in [6.07, 6.45) is 1.78. The van der Waals surface area contributed by atoms with Crippen LogP contribution in [0.1, 0.15) is 11.1 Å². The van der Waals surface area contributed by atoms with E-state index in [9.17, 15) is 0 Å². The number of hydrogen-bond donors (Lipinski definition) is 0. The van der Waals surface area contributed by atoms with E-state index in [1.807, 2.05) is 36.4 Å². The van der Waals surface area contributed by atoms with Crippen LogP contribution in [0, 0.1) is 11.3 Å². The minimum absolute atomic E-state index is 0.401. The Bertz CT molecular complexity index is 840. The van der Waals surface area contributed by atoms with Crippen molar-refractivity contribution in [3.63, 3.8) is 0 Å². The second kappa shape index (κ2) is 5.82. The van der Waals surface area contributed by atoms with Crippen molar-refractivity contribution in [3.8, 4) is 11.8 Å². The van der Waals surface area contributed by atoms with E-state index in [0.717, 1.165) is 16.5 Å². The molecular weight excluding hydrogens is 284 g/mol. The van der Waals surface area contributed by atoms with Gasteiger partial charge in [-0.15, -0.1) is 0 Å². The molecule has 0 aliphatic carbocycles. The fraction of sp³-hybridized carbons (Fsp3) is 0.0588. The predicted octanol–water partition coefficient (Wildman–Crippen LogP) is 4.34. The van der Waals surface area contributed by atoms with Crippen molar-refractivity contribution >= 4 is 22.5 Å². The van der Waals surface area contributed by atoms with Gasteiger partial charge in [-0.2, -0.15) is 5.26 Å². The van der Waals surface area contributed by atoms with Crippen LogP contribution in [0.5, 0.6) is 5.75 Å². The van der Waals surface area contributed by atoms with Gasteiger partial charge in [0.05, 0.1) is 16.1 Å². The Balaban J connectivity index is 1.77. The van der Waals surface area contributed by atoms with Gasteiger partial charge >= 0.3 is 0 Å². The summed E-state index contributed by atoms with van der Waals surface area (Å²) < 4.78 is 5.71. The van der Waals surface area contributed by atoms with Crippen LogP contribution in [0.3, 0.4) is 0 Å². The summed E-state index contributed by atoms with van der Waals surface area (Å²) in [6, 6.07) is 17.0. The number of halogens is 1. The van der Waals surface area contributed by atoms with E-state index in [4.69, 9.17) is 21.6 Å². The smallest absolute Gasteiger partial charge is 0.121 e. The number of fused-ring (bicyclic) bond motifs is 1. The molecule has 1 heterocycles. The van der Waals surface area contributed by atoms with Gasteiger partial charge in [-0.1, -0.05) is 23.7 Å². The fourth-order valence-corrected chi connectivity index (χ4v) is 2.27. The third-order valence-corrected chi connectivity index (χ3v) is 3.45. The summed E-state index contributed by atoms with van der Waals surface area (Å²) in [5.74, 6) is 0.644. The second-order valence-electron chi connectivity index (χ2n) is 4.57. The Hall–Kier alpha value is -2.57. The average molecular weight is 295 g/mol. The average Bonchev–Trinajstić information content (AvgIpc) is 2.53. The number of nitriles is 1. The van der Waals surface area contributed by atoms with Gasteiger partial charge in [0.2, 0.25) is 0 Å². The second-order valence-corrected chi connectivity index (χ2v) is 4.98. The zero-order valence-electron chi connectivity index (χ0n) is 11.1. The SMILES string of the molecule is N#Cc1ccc(OCc2ccc3ncccc3c2)cc1Cl. The summed E-state index contributed by atoms with van der Waals surface area (Å²) in [4.78, 5) is 4.28. The van der Waals surface area contributed by atoms with E-state index in [0.29, 0.717) is 22.9 Å². The van der Waals surface area contributed by atoms with Crippen molar-refractivity contribution in [2.75, 3.05) is 0 Å². The quantitative estimate of drug-likeness (QED) is 0.722. The van der Waals surface area contributed by atoms with Gasteiger partial charge in [0.25, 0.3) is 0 Å². The van der Waals surface area contributed by atoms with Crippen molar-refractivity contribution in [1.82, 2.24) is 4.98 Å². The lowest BCUT2D eigenvalue weighted by Gasteiger charge is -2.08. The van der Waals surface area contributed by atoms with Crippen molar-refractivity contribution in [1.29, 1.82) is 5.26 Å². The molecule has 0 aliphatic heterocycles. The van der Waals surface area contributed by atoms with Crippen LogP contribution in [0.4, 0.5) is 0 Å². The molecule has 0 saturated carbocycles. The third-order valence-electron chi connectivity index (χ3n) is 3.13. The van der Waals surface area contributed by atoms with Gasteiger partial charge in [-0.3, -0.25) is 4.98 Å². The largest absolute Gasteiger partial charge is 0.489 e. The molecule has 0 aliphatic rings. The van der Waals surface area contributed by atoms with Gasteiger partial charge in [-0.25, -0.2) is 0 Å². The molecule has 2 aromatic carbocycles. The maximum absolute atomic E-state index is 8.84. The van der Waals surface area contributed by atoms with Crippen molar-refractivity contribution in [2.24, 2.45) is 0 Å². The molecule has 0 amide bonds. The summed E-state index contributed by atoms with van der Waals surface area (Å²) in [5.41, 5.74) is 2.46. The summed E-state index contributed by atoms with van der Waals surface area (Å²) in [6.45, 7) is 0.438. The maximum atomic E-state index is 8.84. The number of benzene rings is 2. The zero-order valence-corrected chi connectivity index (χ0v) is 11.8. The van der Waals surface area contributed by atoms with Gasteiger partial charge in [0.1, 0.15) is 18.4 Å². The first-order valence-electron chi connectivity index (χ1n) is 6.42. The normalized spacial score (nSPS) is 10.3. The lowest BCUT2D eigenvalue weighted by molar-refractivity contribution is 0.306. The maximum Gasteiger partial charge on any atom is 0.121 e. The minimum Gasteiger partial charge on any atom is -0.489 e. The Morgan fingerprint density at radius 2 is 2.05 bits per heavy atom. The van der Waals surface area contributed by atoms with Crippen LogP contribution in [0.2, 0.25) is 5.02 Å². The molecule has 3 nitrogen and oxygen atoms in total. The Morgan fingerprint density at radius 3 is 2.86 bits per heavy atom. The standard InChI is InChI=1S/C17H11ClN2O/c18-16-9-15(5-4-14(16)10-19)21-11-12-3-6-17-13(8-12)2-1-7-20-17/h1-9H,11H2. The predicted molar refractivity (Wildman–Crippen MR) is 82.2 cm³/mol. The first-order chi connectivity index (χ1) is 10.3. The lowest BCUT2D eigenvalue weighted by atomic mass is 10.1. The molecule has 0 unspecified atom stereocenters. The van der Waals surface area contributed by atoms with Crippen LogP contribution < -0.4 is 4.74 Å². The van der Waals surface area contributed by atoms with Gasteiger partial charge in [-0.05, 0) is 35.9 Å². The Labute approximate surface area is 127 Å². The van der Waals surface area contributed by atoms with Crippen LogP contribution in [-0.4, -0.2) is 4.98 Å². The van der Waals surface area contributed by atoms with E-state index >= 15 is 0 Å². The molecule has 0 N–H and O–H groups in total. The zero-order chi connectivity index (χ0) is 14.7. The van der Waals surface area contributed by atoms with Gasteiger partial charge in [0.15, 0.2) is 0 Å².